The zero-order valence-electron chi connectivity index (χ0n) is 10.2. The molecule has 19 heavy (non-hydrogen) atoms. The van der Waals surface area contributed by atoms with Crippen molar-refractivity contribution in [3.05, 3.63) is 70.8 Å². The molecule has 0 spiro atoms. The van der Waals surface area contributed by atoms with Crippen LogP contribution in [0.2, 0.25) is 0 Å². The fourth-order valence-electron chi connectivity index (χ4n) is 1.48. The highest BCUT2D eigenvalue weighted by Crippen LogP contribution is 2.08. The minimum absolute atomic E-state index is 0.263. The molecule has 0 radical (unpaired) electrons. The summed E-state index contributed by atoms with van der Waals surface area (Å²) in [4.78, 5) is 11.7. The minimum atomic E-state index is -0.977. The largest absolute Gasteiger partial charge is 0.279 e. The van der Waals surface area contributed by atoms with Crippen molar-refractivity contribution in [2.24, 2.45) is 0 Å². The summed E-state index contributed by atoms with van der Waals surface area (Å²) in [6.07, 6.45) is 0. The van der Waals surface area contributed by atoms with E-state index in [0.29, 0.717) is 5.56 Å². The first-order valence-electron chi connectivity index (χ1n) is 5.64. The number of aryl methyl sites for hydroxylation is 1. The summed E-state index contributed by atoms with van der Waals surface area (Å²) >= 11 is 0. The monoisotopic (exact) mass is 256 g/mol. The number of hydrogen-bond donors (Lipinski definition) is 0. The lowest BCUT2D eigenvalue weighted by atomic mass is 10.1. The number of carbonyl (C=O) groups excluding carboxylic acids is 1. The third-order valence-electron chi connectivity index (χ3n) is 2.55. The molecule has 0 aliphatic heterocycles. The van der Waals surface area contributed by atoms with Crippen molar-refractivity contribution in [1.82, 2.24) is 0 Å². The molecule has 0 N–H and O–H groups in total. The molecule has 0 saturated heterocycles. The molecule has 0 amide bonds. The molecule has 0 atom stereocenters. The molecule has 0 fully saturated rings. The molecular weight excluding hydrogens is 246 g/mol. The standard InChI is InChI=1S/C16H10F2O/c1-11-2-6-13(7-3-11)16(19)9-5-12-4-8-14(17)15(18)10-12/h2-4,6-8,10H,1H3. The van der Waals surface area contributed by atoms with Crippen molar-refractivity contribution in [2.75, 3.05) is 0 Å². The molecule has 2 aromatic carbocycles. The Labute approximate surface area is 109 Å². The van der Waals surface area contributed by atoms with E-state index in [1.54, 1.807) is 12.1 Å². The first-order chi connectivity index (χ1) is 9.06. The second-order valence-corrected chi connectivity index (χ2v) is 4.07. The van der Waals surface area contributed by atoms with E-state index < -0.39 is 11.6 Å². The van der Waals surface area contributed by atoms with Crippen LogP contribution in [0.4, 0.5) is 8.78 Å². The predicted octanol–water partition coefficient (Wildman–Crippen LogP) is 3.51. The average Bonchev–Trinajstić information content (AvgIpc) is 2.40. The van der Waals surface area contributed by atoms with Crippen LogP contribution in [0.25, 0.3) is 0 Å². The molecule has 0 heterocycles. The number of Topliss-reactive ketones (excluding diaryl/α,β-unsaturated/α-hetero) is 1. The summed E-state index contributed by atoms with van der Waals surface area (Å²) in [5.74, 6) is 2.65. The van der Waals surface area contributed by atoms with Gasteiger partial charge in [0.25, 0.3) is 0 Å². The molecule has 2 aromatic rings. The Kier molecular flexibility index (Phi) is 3.72. The maximum atomic E-state index is 12.9. The second-order valence-electron chi connectivity index (χ2n) is 4.07. The van der Waals surface area contributed by atoms with Gasteiger partial charge in [0.2, 0.25) is 5.78 Å². The minimum Gasteiger partial charge on any atom is -0.279 e. The van der Waals surface area contributed by atoms with Crippen molar-refractivity contribution in [2.45, 2.75) is 6.92 Å². The Bertz CT molecular complexity index is 676. The zero-order chi connectivity index (χ0) is 13.8. The van der Waals surface area contributed by atoms with E-state index in [1.807, 2.05) is 19.1 Å². The van der Waals surface area contributed by atoms with Gasteiger partial charge in [-0.25, -0.2) is 8.78 Å². The number of rotatable bonds is 1. The van der Waals surface area contributed by atoms with E-state index in [4.69, 9.17) is 0 Å². The third kappa shape index (κ3) is 3.26. The van der Waals surface area contributed by atoms with Crippen LogP contribution in [0.15, 0.2) is 42.5 Å². The summed E-state index contributed by atoms with van der Waals surface area (Å²) < 4.78 is 25.7. The normalized spacial score (nSPS) is 9.63. The van der Waals surface area contributed by atoms with Gasteiger partial charge in [-0.2, -0.15) is 0 Å². The summed E-state index contributed by atoms with van der Waals surface area (Å²) in [6, 6.07) is 10.3. The molecule has 2 rings (SSSR count). The van der Waals surface area contributed by atoms with Gasteiger partial charge in [-0.15, -0.1) is 0 Å². The van der Waals surface area contributed by atoms with Gasteiger partial charge in [-0.05, 0) is 31.0 Å². The van der Waals surface area contributed by atoms with Crippen molar-refractivity contribution < 1.29 is 13.6 Å². The third-order valence-corrected chi connectivity index (χ3v) is 2.55. The van der Waals surface area contributed by atoms with Gasteiger partial charge in [-0.1, -0.05) is 35.7 Å². The van der Waals surface area contributed by atoms with E-state index >= 15 is 0 Å². The van der Waals surface area contributed by atoms with Crippen LogP contribution in [0.5, 0.6) is 0 Å². The molecule has 0 aliphatic carbocycles. The average molecular weight is 256 g/mol. The fourth-order valence-corrected chi connectivity index (χ4v) is 1.48. The van der Waals surface area contributed by atoms with E-state index in [1.165, 1.54) is 6.07 Å². The lowest BCUT2D eigenvalue weighted by molar-refractivity contribution is 0.105. The van der Waals surface area contributed by atoms with Crippen LogP contribution in [0.1, 0.15) is 21.5 Å². The Morgan fingerprint density at radius 2 is 1.68 bits per heavy atom. The topological polar surface area (TPSA) is 17.1 Å². The molecular formula is C16H10F2O. The zero-order valence-corrected chi connectivity index (χ0v) is 10.2. The van der Waals surface area contributed by atoms with Crippen LogP contribution >= 0.6 is 0 Å². The first-order valence-corrected chi connectivity index (χ1v) is 5.64. The molecule has 0 aliphatic rings. The molecule has 0 unspecified atom stereocenters. The molecule has 0 saturated carbocycles. The number of ketones is 1. The van der Waals surface area contributed by atoms with Crippen LogP contribution in [-0.2, 0) is 0 Å². The lowest BCUT2D eigenvalue weighted by Crippen LogP contribution is -1.94. The van der Waals surface area contributed by atoms with Crippen LogP contribution in [0, 0.1) is 30.4 Å². The summed E-state index contributed by atoms with van der Waals surface area (Å²) in [6.45, 7) is 1.92. The quantitative estimate of drug-likeness (QED) is 0.563. The lowest BCUT2D eigenvalue weighted by Gasteiger charge is -1.95. The van der Waals surface area contributed by atoms with Gasteiger partial charge in [0.05, 0.1) is 0 Å². The second kappa shape index (κ2) is 5.45. The predicted molar refractivity (Wildman–Crippen MR) is 68.7 cm³/mol. The van der Waals surface area contributed by atoms with Crippen LogP contribution < -0.4 is 0 Å². The van der Waals surface area contributed by atoms with Crippen molar-refractivity contribution in [3.63, 3.8) is 0 Å². The van der Waals surface area contributed by atoms with E-state index in [-0.39, 0.29) is 11.3 Å². The summed E-state index contributed by atoms with van der Waals surface area (Å²) in [5.41, 5.74) is 1.78. The Morgan fingerprint density at radius 1 is 1.00 bits per heavy atom. The van der Waals surface area contributed by atoms with Crippen molar-refractivity contribution in [3.8, 4) is 11.8 Å². The van der Waals surface area contributed by atoms with Crippen molar-refractivity contribution in [1.29, 1.82) is 0 Å². The molecule has 94 valence electrons. The number of hydrogen-bond acceptors (Lipinski definition) is 1. The van der Waals surface area contributed by atoms with Gasteiger partial charge in [-0.3, -0.25) is 4.79 Å². The van der Waals surface area contributed by atoms with Gasteiger partial charge in [0.15, 0.2) is 11.6 Å². The van der Waals surface area contributed by atoms with Crippen LogP contribution in [-0.4, -0.2) is 5.78 Å². The SMILES string of the molecule is Cc1ccc(C(=O)C#Cc2ccc(F)c(F)c2)cc1. The summed E-state index contributed by atoms with van der Waals surface area (Å²) in [5, 5.41) is 0. The highest BCUT2D eigenvalue weighted by molar-refractivity contribution is 6.09. The van der Waals surface area contributed by atoms with E-state index in [2.05, 4.69) is 11.8 Å². The van der Waals surface area contributed by atoms with Crippen molar-refractivity contribution >= 4 is 5.78 Å². The Hall–Kier alpha value is -2.47. The molecule has 3 heteroatoms. The first kappa shape index (κ1) is 13.0. The number of benzene rings is 2. The fraction of sp³-hybridized carbons (Fsp3) is 0.0625. The maximum absolute atomic E-state index is 12.9. The maximum Gasteiger partial charge on any atom is 0.236 e. The number of halogens is 2. The smallest absolute Gasteiger partial charge is 0.236 e. The number of carbonyl (C=O) groups is 1. The molecule has 1 nitrogen and oxygen atoms in total. The Morgan fingerprint density at radius 3 is 2.32 bits per heavy atom. The molecule has 0 aromatic heterocycles. The summed E-state index contributed by atoms with van der Waals surface area (Å²) in [7, 11) is 0. The highest BCUT2D eigenvalue weighted by Gasteiger charge is 2.02. The van der Waals surface area contributed by atoms with Gasteiger partial charge < -0.3 is 0 Å². The van der Waals surface area contributed by atoms with Gasteiger partial charge >= 0.3 is 0 Å². The Balaban J connectivity index is 2.21. The van der Waals surface area contributed by atoms with Crippen LogP contribution in [0.3, 0.4) is 0 Å². The van der Waals surface area contributed by atoms with E-state index in [0.717, 1.165) is 17.7 Å². The highest BCUT2D eigenvalue weighted by atomic mass is 19.2. The molecule has 0 bridgehead atoms. The van der Waals surface area contributed by atoms with Gasteiger partial charge in [0, 0.05) is 11.1 Å². The van der Waals surface area contributed by atoms with Gasteiger partial charge in [0.1, 0.15) is 0 Å². The van der Waals surface area contributed by atoms with E-state index in [9.17, 15) is 13.6 Å².